The number of ether oxygens (including phenoxy) is 1. The van der Waals surface area contributed by atoms with Crippen molar-refractivity contribution in [1.29, 1.82) is 0 Å². The van der Waals surface area contributed by atoms with Crippen LogP contribution in [0.1, 0.15) is 37.5 Å². The number of nitrogens with zero attached hydrogens (tertiary/aromatic N) is 5. The average molecular weight is 504 g/mol. The van der Waals surface area contributed by atoms with Gasteiger partial charge in [0.05, 0.1) is 35.2 Å². The molecule has 1 aliphatic heterocycles. The van der Waals surface area contributed by atoms with E-state index in [9.17, 15) is 0 Å². The summed E-state index contributed by atoms with van der Waals surface area (Å²) in [5.74, 6) is 0.409. The van der Waals surface area contributed by atoms with Crippen molar-refractivity contribution in [3.8, 4) is 22.8 Å². The first-order valence-electron chi connectivity index (χ1n) is 12.1. The molecule has 7 rings (SSSR count). The third-order valence-electron chi connectivity index (χ3n) is 7.24. The number of H-pyrrole nitrogens is 1. The number of benzene rings is 2. The van der Waals surface area contributed by atoms with Crippen molar-refractivity contribution < 1.29 is 9.13 Å². The molecule has 1 aliphatic carbocycles. The predicted molar refractivity (Wildman–Crippen MR) is 135 cm³/mol. The zero-order valence-corrected chi connectivity index (χ0v) is 20.3. The van der Waals surface area contributed by atoms with E-state index >= 15 is 4.39 Å². The maximum absolute atomic E-state index is 15.0. The summed E-state index contributed by atoms with van der Waals surface area (Å²) >= 11 is 6.69. The fraction of sp³-hybridized carbons (Fsp3) is 0.308. The summed E-state index contributed by atoms with van der Waals surface area (Å²) in [6, 6.07) is 7.09. The fourth-order valence-electron chi connectivity index (χ4n) is 5.15. The summed E-state index contributed by atoms with van der Waals surface area (Å²) in [6.07, 6.45) is 10.2. The van der Waals surface area contributed by atoms with Crippen LogP contribution in [-0.4, -0.2) is 41.8 Å². The maximum atomic E-state index is 15.0. The van der Waals surface area contributed by atoms with Gasteiger partial charge in [-0.3, -0.25) is 9.67 Å². The fourth-order valence-corrected chi connectivity index (χ4v) is 5.39. The molecule has 2 aromatic carbocycles. The highest BCUT2D eigenvalue weighted by molar-refractivity contribution is 6.36. The van der Waals surface area contributed by atoms with E-state index in [1.165, 1.54) is 12.8 Å². The molecule has 8 nitrogen and oxygen atoms in total. The maximum Gasteiger partial charge on any atom is 0.193 e. The van der Waals surface area contributed by atoms with Crippen LogP contribution in [0.15, 0.2) is 42.9 Å². The summed E-state index contributed by atoms with van der Waals surface area (Å²) in [6.45, 7) is 2.79. The van der Waals surface area contributed by atoms with E-state index in [0.717, 1.165) is 24.9 Å². The van der Waals surface area contributed by atoms with Crippen LogP contribution in [0, 0.1) is 12.7 Å². The molecule has 36 heavy (non-hydrogen) atoms. The smallest absolute Gasteiger partial charge is 0.193 e. The second-order valence-electron chi connectivity index (χ2n) is 9.76. The van der Waals surface area contributed by atoms with Crippen LogP contribution in [0.25, 0.3) is 33.3 Å². The van der Waals surface area contributed by atoms with Gasteiger partial charge in [0.15, 0.2) is 11.6 Å². The molecule has 1 saturated heterocycles. The summed E-state index contributed by atoms with van der Waals surface area (Å²) in [5.41, 5.74) is 3.80. The average Bonchev–Trinajstić information content (AvgIpc) is 3.28. The van der Waals surface area contributed by atoms with Gasteiger partial charge in [0.1, 0.15) is 27.6 Å². The molecular weight excluding hydrogens is 481 g/mol. The molecule has 1 atom stereocenters. The van der Waals surface area contributed by atoms with Gasteiger partial charge in [0, 0.05) is 17.3 Å². The number of aryl methyl sites for hydroxylation is 1. The minimum absolute atomic E-state index is 0.0380. The Kier molecular flexibility index (Phi) is 4.81. The Morgan fingerprint density at radius 1 is 1.11 bits per heavy atom. The molecule has 0 bridgehead atoms. The van der Waals surface area contributed by atoms with E-state index in [2.05, 4.69) is 30.0 Å². The number of hydrogen-bond donors (Lipinski definition) is 2. The molecule has 1 unspecified atom stereocenters. The van der Waals surface area contributed by atoms with Gasteiger partial charge in [-0.05, 0) is 63.4 Å². The molecule has 1 saturated carbocycles. The van der Waals surface area contributed by atoms with Crippen molar-refractivity contribution >= 4 is 33.7 Å². The van der Waals surface area contributed by atoms with Crippen LogP contribution in [0.3, 0.4) is 0 Å². The molecule has 3 aromatic heterocycles. The lowest BCUT2D eigenvalue weighted by molar-refractivity contribution is 0.271. The minimum Gasteiger partial charge on any atom is -0.453 e. The first-order valence-corrected chi connectivity index (χ1v) is 12.4. The second kappa shape index (κ2) is 7.97. The third-order valence-corrected chi connectivity index (χ3v) is 7.61. The number of aromatic amines is 1. The van der Waals surface area contributed by atoms with Crippen LogP contribution in [0.4, 0.5) is 4.39 Å². The highest BCUT2D eigenvalue weighted by Crippen LogP contribution is 2.45. The van der Waals surface area contributed by atoms with Gasteiger partial charge < -0.3 is 15.0 Å². The van der Waals surface area contributed by atoms with E-state index in [0.29, 0.717) is 45.4 Å². The quantitative estimate of drug-likeness (QED) is 0.326. The molecule has 0 amide bonds. The largest absolute Gasteiger partial charge is 0.453 e. The monoisotopic (exact) mass is 503 g/mol. The number of rotatable bonds is 4. The molecule has 182 valence electrons. The van der Waals surface area contributed by atoms with Crippen molar-refractivity contribution in [2.45, 2.75) is 44.2 Å². The van der Waals surface area contributed by atoms with Gasteiger partial charge >= 0.3 is 0 Å². The van der Waals surface area contributed by atoms with Gasteiger partial charge in [0.2, 0.25) is 0 Å². The van der Waals surface area contributed by atoms with Gasteiger partial charge in [-0.1, -0.05) is 11.6 Å². The number of nitrogens with one attached hydrogen (secondary N) is 2. The number of halogens is 2. The molecule has 2 aliphatic rings. The summed E-state index contributed by atoms with van der Waals surface area (Å²) in [7, 11) is 0. The van der Waals surface area contributed by atoms with Gasteiger partial charge in [-0.2, -0.15) is 5.10 Å². The topological polar surface area (TPSA) is 93.5 Å². The lowest BCUT2D eigenvalue weighted by Crippen LogP contribution is -2.40. The molecule has 4 heterocycles. The Hall–Kier alpha value is -3.56. The van der Waals surface area contributed by atoms with E-state index in [1.54, 1.807) is 37.4 Å². The zero-order valence-electron chi connectivity index (χ0n) is 19.6. The lowest BCUT2D eigenvalue weighted by Gasteiger charge is -2.30. The first-order chi connectivity index (χ1) is 17.5. The van der Waals surface area contributed by atoms with Gasteiger partial charge in [-0.15, -0.1) is 0 Å². The summed E-state index contributed by atoms with van der Waals surface area (Å²) in [4.78, 5) is 16.5. The van der Waals surface area contributed by atoms with Crippen LogP contribution < -0.4 is 10.1 Å². The van der Waals surface area contributed by atoms with E-state index in [-0.39, 0.29) is 16.3 Å². The van der Waals surface area contributed by atoms with Crippen LogP contribution in [0.2, 0.25) is 5.02 Å². The molecular formula is C26H23ClFN7O. The normalized spacial score (nSPS) is 18.8. The molecule has 2 N–H and O–H groups in total. The number of fused-ring (bicyclic) bond motifs is 2. The van der Waals surface area contributed by atoms with Crippen molar-refractivity contribution in [2.75, 3.05) is 6.54 Å². The summed E-state index contributed by atoms with van der Waals surface area (Å²) in [5, 5.41) is 8.55. The molecule has 10 heteroatoms. The highest BCUT2D eigenvalue weighted by Gasteiger charge is 2.46. The SMILES string of the molecule is Cc1nc2c(F)c(Oc3ccc4ncc(-c5cnn(C6CCNC7(CC7)C6)c5)nc4c3Cl)ccc2[nH]1. The van der Waals surface area contributed by atoms with E-state index < -0.39 is 5.82 Å². The van der Waals surface area contributed by atoms with Crippen LogP contribution in [0.5, 0.6) is 11.5 Å². The van der Waals surface area contributed by atoms with E-state index in [4.69, 9.17) is 21.3 Å². The lowest BCUT2D eigenvalue weighted by atomic mass is 9.98. The van der Waals surface area contributed by atoms with Crippen molar-refractivity contribution in [2.24, 2.45) is 0 Å². The van der Waals surface area contributed by atoms with Crippen molar-refractivity contribution in [1.82, 2.24) is 35.0 Å². The predicted octanol–water partition coefficient (Wildman–Crippen LogP) is 5.72. The second-order valence-corrected chi connectivity index (χ2v) is 10.1. The first kappa shape index (κ1) is 21.7. The number of aromatic nitrogens is 6. The Bertz CT molecular complexity index is 1640. The van der Waals surface area contributed by atoms with Gasteiger partial charge in [0.25, 0.3) is 0 Å². The Morgan fingerprint density at radius 3 is 2.83 bits per heavy atom. The number of hydrogen-bond acceptors (Lipinski definition) is 6. The molecule has 0 radical (unpaired) electrons. The molecule has 5 aromatic rings. The van der Waals surface area contributed by atoms with Crippen LogP contribution in [-0.2, 0) is 0 Å². The highest BCUT2D eigenvalue weighted by atomic mass is 35.5. The Morgan fingerprint density at radius 2 is 1.97 bits per heavy atom. The van der Waals surface area contributed by atoms with Crippen molar-refractivity contribution in [3.63, 3.8) is 0 Å². The molecule has 1 spiro atoms. The standard InChI is InChI=1S/C26H23ClFN7O/c1-14-32-18-3-5-21(23(28)25(18)33-14)36-20-4-2-17-24(22(20)27)34-19(12-29-17)15-11-31-35(13-15)16-6-9-30-26(10-16)7-8-26/h2-5,11-13,16,30H,6-10H2,1H3,(H,32,33). The van der Waals surface area contributed by atoms with E-state index in [1.807, 2.05) is 12.4 Å². The van der Waals surface area contributed by atoms with Crippen LogP contribution >= 0.6 is 11.6 Å². The summed E-state index contributed by atoms with van der Waals surface area (Å²) < 4.78 is 22.9. The molecule has 2 fully saturated rings. The minimum atomic E-state index is -0.550. The Labute approximate surface area is 210 Å². The van der Waals surface area contributed by atoms with Crippen molar-refractivity contribution in [3.05, 3.63) is 59.5 Å². The Balaban J connectivity index is 1.20. The number of piperidine rings is 1. The third kappa shape index (κ3) is 3.61. The zero-order chi connectivity index (χ0) is 24.4. The van der Waals surface area contributed by atoms with Gasteiger partial charge in [-0.25, -0.2) is 14.4 Å². The number of imidazole rings is 1.